The topological polar surface area (TPSA) is 49.3 Å². The van der Waals surface area contributed by atoms with Crippen LogP contribution in [0.1, 0.15) is 26.3 Å². The first-order valence-corrected chi connectivity index (χ1v) is 5.17. The van der Waals surface area contributed by atoms with Gasteiger partial charge in [0.2, 0.25) is 5.91 Å². The molecule has 0 unspecified atom stereocenters. The Balaban J connectivity index is 2.63. The molecule has 0 heterocycles. The SMILES string of the molecule is CC(C)(C)C(=O)N/C=C/c1ccccc1O. The summed E-state index contributed by atoms with van der Waals surface area (Å²) in [5.41, 5.74) is 0.264. The zero-order valence-electron chi connectivity index (χ0n) is 9.82. The van der Waals surface area contributed by atoms with E-state index in [0.29, 0.717) is 5.56 Å². The van der Waals surface area contributed by atoms with Crippen LogP contribution in [0.3, 0.4) is 0 Å². The highest BCUT2D eigenvalue weighted by molar-refractivity contribution is 5.82. The van der Waals surface area contributed by atoms with Gasteiger partial charge in [-0.05, 0) is 12.1 Å². The summed E-state index contributed by atoms with van der Waals surface area (Å²) in [7, 11) is 0. The molecule has 1 rings (SSSR count). The maximum Gasteiger partial charge on any atom is 0.229 e. The number of rotatable bonds is 2. The van der Waals surface area contributed by atoms with E-state index in [9.17, 15) is 9.90 Å². The summed E-state index contributed by atoms with van der Waals surface area (Å²) in [6.45, 7) is 5.53. The molecule has 1 aromatic carbocycles. The van der Waals surface area contributed by atoms with Crippen LogP contribution in [0.25, 0.3) is 6.08 Å². The fourth-order valence-electron chi connectivity index (χ4n) is 1.05. The predicted octanol–water partition coefficient (Wildman–Crippen LogP) is 2.53. The highest BCUT2D eigenvalue weighted by Gasteiger charge is 2.19. The first kappa shape index (κ1) is 12.3. The minimum Gasteiger partial charge on any atom is -0.507 e. The van der Waals surface area contributed by atoms with Crippen LogP contribution < -0.4 is 5.32 Å². The first-order chi connectivity index (χ1) is 7.41. The second-order valence-electron chi connectivity index (χ2n) is 4.62. The van der Waals surface area contributed by atoms with Crippen molar-refractivity contribution < 1.29 is 9.90 Å². The number of benzene rings is 1. The second kappa shape index (κ2) is 4.84. The van der Waals surface area contributed by atoms with Gasteiger partial charge in [-0.25, -0.2) is 0 Å². The zero-order chi connectivity index (χ0) is 12.2. The van der Waals surface area contributed by atoms with Crippen LogP contribution in [0.5, 0.6) is 5.75 Å². The average molecular weight is 219 g/mol. The second-order valence-corrected chi connectivity index (χ2v) is 4.62. The third kappa shape index (κ3) is 3.42. The van der Waals surface area contributed by atoms with Crippen LogP contribution in [0.4, 0.5) is 0 Å². The fraction of sp³-hybridized carbons (Fsp3) is 0.308. The van der Waals surface area contributed by atoms with Gasteiger partial charge in [0.05, 0.1) is 0 Å². The van der Waals surface area contributed by atoms with E-state index in [4.69, 9.17) is 0 Å². The molecule has 0 aliphatic rings. The van der Waals surface area contributed by atoms with Crippen LogP contribution in [-0.2, 0) is 4.79 Å². The van der Waals surface area contributed by atoms with Crippen molar-refractivity contribution in [1.29, 1.82) is 0 Å². The van der Waals surface area contributed by atoms with E-state index in [2.05, 4.69) is 5.32 Å². The van der Waals surface area contributed by atoms with Gasteiger partial charge in [-0.15, -0.1) is 0 Å². The third-order valence-electron chi connectivity index (χ3n) is 2.10. The van der Waals surface area contributed by atoms with Crippen molar-refractivity contribution in [3.8, 4) is 5.75 Å². The number of phenols is 1. The van der Waals surface area contributed by atoms with Gasteiger partial charge in [0.1, 0.15) is 5.75 Å². The summed E-state index contributed by atoms with van der Waals surface area (Å²) >= 11 is 0. The molecule has 3 heteroatoms. The molecular weight excluding hydrogens is 202 g/mol. The van der Waals surface area contributed by atoms with Gasteiger partial charge in [0, 0.05) is 17.2 Å². The molecule has 3 nitrogen and oxygen atoms in total. The van der Waals surface area contributed by atoms with E-state index < -0.39 is 5.41 Å². The molecule has 0 aromatic heterocycles. The van der Waals surface area contributed by atoms with Gasteiger partial charge in [-0.3, -0.25) is 4.79 Å². The van der Waals surface area contributed by atoms with Crippen LogP contribution in [-0.4, -0.2) is 11.0 Å². The molecule has 0 aliphatic heterocycles. The summed E-state index contributed by atoms with van der Waals surface area (Å²) in [4.78, 5) is 11.5. The standard InChI is InChI=1S/C13H17NO2/c1-13(2,3)12(16)14-9-8-10-6-4-5-7-11(10)15/h4-9,15H,1-3H3,(H,14,16)/b9-8+. The molecule has 0 atom stereocenters. The van der Waals surface area contributed by atoms with Crippen molar-refractivity contribution in [2.45, 2.75) is 20.8 Å². The summed E-state index contributed by atoms with van der Waals surface area (Å²) in [6, 6.07) is 6.95. The van der Waals surface area contributed by atoms with Crippen molar-refractivity contribution in [2.24, 2.45) is 5.41 Å². The molecular formula is C13H17NO2. The minimum atomic E-state index is -0.414. The van der Waals surface area contributed by atoms with Crippen LogP contribution in [0.2, 0.25) is 0 Å². The molecule has 0 fully saturated rings. The number of hydrogen-bond acceptors (Lipinski definition) is 2. The summed E-state index contributed by atoms with van der Waals surface area (Å²) < 4.78 is 0. The van der Waals surface area contributed by atoms with Gasteiger partial charge < -0.3 is 10.4 Å². The van der Waals surface area contributed by atoms with Crippen LogP contribution in [0.15, 0.2) is 30.5 Å². The molecule has 16 heavy (non-hydrogen) atoms. The summed E-state index contributed by atoms with van der Waals surface area (Å²) in [5.74, 6) is 0.142. The van der Waals surface area contributed by atoms with Gasteiger partial charge in [-0.2, -0.15) is 0 Å². The van der Waals surface area contributed by atoms with Crippen molar-refractivity contribution in [3.63, 3.8) is 0 Å². The molecule has 1 aromatic rings. The van der Waals surface area contributed by atoms with E-state index in [-0.39, 0.29) is 11.7 Å². The highest BCUT2D eigenvalue weighted by Crippen LogP contribution is 2.17. The van der Waals surface area contributed by atoms with E-state index >= 15 is 0 Å². The Labute approximate surface area is 95.8 Å². The lowest BCUT2D eigenvalue weighted by atomic mass is 9.96. The van der Waals surface area contributed by atoms with Crippen molar-refractivity contribution >= 4 is 12.0 Å². The van der Waals surface area contributed by atoms with E-state index in [1.807, 2.05) is 26.8 Å². The molecule has 1 amide bonds. The van der Waals surface area contributed by atoms with Gasteiger partial charge in [0.15, 0.2) is 0 Å². The Morgan fingerprint density at radius 1 is 1.31 bits per heavy atom. The molecule has 0 bridgehead atoms. The van der Waals surface area contributed by atoms with Crippen LogP contribution >= 0.6 is 0 Å². The maximum atomic E-state index is 11.5. The van der Waals surface area contributed by atoms with Gasteiger partial charge in [-0.1, -0.05) is 39.0 Å². The Kier molecular flexibility index (Phi) is 3.72. The number of nitrogens with one attached hydrogen (secondary N) is 1. The zero-order valence-corrected chi connectivity index (χ0v) is 9.82. The normalized spacial score (nSPS) is 11.7. The number of carbonyl (C=O) groups excluding carboxylic acids is 1. The predicted molar refractivity (Wildman–Crippen MR) is 64.7 cm³/mol. The highest BCUT2D eigenvalue weighted by atomic mass is 16.3. The average Bonchev–Trinajstić information content (AvgIpc) is 2.19. The molecule has 2 N–H and O–H groups in total. The smallest absolute Gasteiger partial charge is 0.229 e. The summed E-state index contributed by atoms with van der Waals surface area (Å²) in [6.07, 6.45) is 3.21. The maximum absolute atomic E-state index is 11.5. The molecule has 0 saturated heterocycles. The lowest BCUT2D eigenvalue weighted by Gasteiger charge is -2.15. The number of amides is 1. The Morgan fingerprint density at radius 2 is 1.94 bits per heavy atom. The number of phenolic OH excluding ortho intramolecular Hbond substituents is 1. The minimum absolute atomic E-state index is 0.0563. The number of hydrogen-bond donors (Lipinski definition) is 2. The van der Waals surface area contributed by atoms with Crippen molar-refractivity contribution in [2.75, 3.05) is 0 Å². The Morgan fingerprint density at radius 3 is 2.50 bits per heavy atom. The Hall–Kier alpha value is -1.77. The number of carbonyl (C=O) groups is 1. The molecule has 0 aliphatic carbocycles. The van der Waals surface area contributed by atoms with Gasteiger partial charge >= 0.3 is 0 Å². The van der Waals surface area contributed by atoms with Gasteiger partial charge in [0.25, 0.3) is 0 Å². The molecule has 0 spiro atoms. The monoisotopic (exact) mass is 219 g/mol. The molecule has 86 valence electrons. The molecule has 0 radical (unpaired) electrons. The number of aromatic hydroxyl groups is 1. The third-order valence-corrected chi connectivity index (χ3v) is 2.10. The Bertz CT molecular complexity index is 403. The van der Waals surface area contributed by atoms with Crippen molar-refractivity contribution in [3.05, 3.63) is 36.0 Å². The lowest BCUT2D eigenvalue weighted by Crippen LogP contribution is -2.31. The fourth-order valence-corrected chi connectivity index (χ4v) is 1.05. The summed E-state index contributed by atoms with van der Waals surface area (Å²) in [5, 5.41) is 12.1. The quantitative estimate of drug-likeness (QED) is 0.803. The van der Waals surface area contributed by atoms with E-state index in [0.717, 1.165) is 0 Å². The van der Waals surface area contributed by atoms with Crippen molar-refractivity contribution in [1.82, 2.24) is 5.32 Å². The van der Waals surface area contributed by atoms with E-state index in [1.54, 1.807) is 30.5 Å². The van der Waals surface area contributed by atoms with E-state index in [1.165, 1.54) is 0 Å². The lowest BCUT2D eigenvalue weighted by molar-refractivity contribution is -0.127. The molecule has 0 saturated carbocycles. The largest absolute Gasteiger partial charge is 0.507 e. The first-order valence-electron chi connectivity index (χ1n) is 5.17. The van der Waals surface area contributed by atoms with Crippen LogP contribution in [0, 0.1) is 5.41 Å². The number of para-hydroxylation sites is 1.